The average molecular weight is 403 g/mol. The van der Waals surface area contributed by atoms with Gasteiger partial charge in [-0.25, -0.2) is 9.59 Å². The van der Waals surface area contributed by atoms with E-state index in [1.807, 2.05) is 5.32 Å². The number of rotatable bonds is 11. The predicted octanol–water partition coefficient (Wildman–Crippen LogP) is -1.71. The van der Waals surface area contributed by atoms with Crippen LogP contribution in [0.5, 0.6) is 0 Å². The van der Waals surface area contributed by atoms with Crippen molar-refractivity contribution in [3.05, 3.63) is 11.7 Å². The second-order valence-electron chi connectivity index (χ2n) is 5.45. The second kappa shape index (κ2) is 9.81. The van der Waals surface area contributed by atoms with Gasteiger partial charge in [0.25, 0.3) is 0 Å². The molecule has 28 heavy (non-hydrogen) atoms. The first-order valence-electron chi connectivity index (χ1n) is 7.53. The highest BCUT2D eigenvalue weighted by molar-refractivity contribution is 5.86. The van der Waals surface area contributed by atoms with Crippen LogP contribution in [0.1, 0.15) is 43.1 Å². The molecule has 0 aromatic carbocycles. The van der Waals surface area contributed by atoms with E-state index >= 15 is 0 Å². The molecule has 1 rings (SSSR count). The number of carbonyl (C=O) groups excluding carboxylic acids is 1. The van der Waals surface area contributed by atoms with Gasteiger partial charge in [-0.1, -0.05) is 5.16 Å². The van der Waals surface area contributed by atoms with Crippen molar-refractivity contribution in [2.24, 2.45) is 5.73 Å². The van der Waals surface area contributed by atoms with Crippen LogP contribution in [0.25, 0.3) is 0 Å². The summed E-state index contributed by atoms with van der Waals surface area (Å²) in [7, 11) is 0. The summed E-state index contributed by atoms with van der Waals surface area (Å²) in [6, 6.07) is -5.55. The third-order valence-electron chi connectivity index (χ3n) is 3.15. The Morgan fingerprint density at radius 2 is 1.50 bits per heavy atom. The van der Waals surface area contributed by atoms with Crippen LogP contribution in [0.4, 0.5) is 4.79 Å². The first-order valence-corrected chi connectivity index (χ1v) is 7.53. The first kappa shape index (κ1) is 22.3. The number of hydrogen-bond donors (Lipinski definition) is 7. The fraction of sp³-hybridized carbons (Fsp3) is 0.462. The van der Waals surface area contributed by atoms with E-state index in [1.54, 1.807) is 0 Å². The standard InChI is InChI=1S/C13H17N5O10/c14-4(1-7(19)20)10-17-11(28-18-10)5(2-8(21)22)15-13(27)16-6(12(25)26)3-9(23)24/h4-6H,1-3,14H2,(H,19,20)(H,21,22)(H,23,24)(H,25,26)(H2,15,16,27)/t4-,5-,6-/m0/s1. The van der Waals surface area contributed by atoms with Crippen molar-refractivity contribution in [1.29, 1.82) is 0 Å². The van der Waals surface area contributed by atoms with E-state index < -0.39 is 73.2 Å². The zero-order chi connectivity index (χ0) is 21.4. The summed E-state index contributed by atoms with van der Waals surface area (Å²) in [6.07, 6.45) is -2.20. The molecule has 0 fully saturated rings. The number of carboxylic acids is 4. The molecule has 0 radical (unpaired) electrons. The van der Waals surface area contributed by atoms with Gasteiger partial charge >= 0.3 is 29.9 Å². The van der Waals surface area contributed by atoms with Gasteiger partial charge in [0.1, 0.15) is 12.1 Å². The van der Waals surface area contributed by atoms with Gasteiger partial charge in [-0.2, -0.15) is 4.98 Å². The van der Waals surface area contributed by atoms with Crippen molar-refractivity contribution in [1.82, 2.24) is 20.8 Å². The van der Waals surface area contributed by atoms with Crippen LogP contribution in [0.2, 0.25) is 0 Å². The summed E-state index contributed by atoms with van der Waals surface area (Å²) in [4.78, 5) is 58.9. The highest BCUT2D eigenvalue weighted by atomic mass is 16.5. The molecule has 0 unspecified atom stereocenters. The number of carbonyl (C=O) groups is 5. The second-order valence-corrected chi connectivity index (χ2v) is 5.45. The molecule has 1 heterocycles. The molecule has 3 atom stereocenters. The third-order valence-corrected chi connectivity index (χ3v) is 3.15. The summed E-state index contributed by atoms with van der Waals surface area (Å²) in [5, 5.41) is 42.5. The molecule has 0 aliphatic rings. The maximum absolute atomic E-state index is 11.9. The van der Waals surface area contributed by atoms with Crippen LogP contribution in [0.3, 0.4) is 0 Å². The smallest absolute Gasteiger partial charge is 0.326 e. The number of carboxylic acid groups (broad SMARTS) is 4. The lowest BCUT2D eigenvalue weighted by atomic mass is 10.2. The molecule has 2 amide bonds. The minimum absolute atomic E-state index is 0.246. The van der Waals surface area contributed by atoms with Gasteiger partial charge in [-0.3, -0.25) is 14.4 Å². The van der Waals surface area contributed by atoms with Crippen molar-refractivity contribution in [2.75, 3.05) is 0 Å². The van der Waals surface area contributed by atoms with Gasteiger partial charge in [0.15, 0.2) is 5.82 Å². The van der Waals surface area contributed by atoms with Crippen LogP contribution in [0, 0.1) is 0 Å². The Balaban J connectivity index is 2.91. The van der Waals surface area contributed by atoms with E-state index in [0.29, 0.717) is 0 Å². The van der Waals surface area contributed by atoms with Crippen molar-refractivity contribution < 1.29 is 48.9 Å². The predicted molar refractivity (Wildman–Crippen MR) is 83.8 cm³/mol. The summed E-state index contributed by atoms with van der Waals surface area (Å²) in [6.45, 7) is 0. The molecule has 0 spiro atoms. The van der Waals surface area contributed by atoms with Crippen molar-refractivity contribution in [3.8, 4) is 0 Å². The van der Waals surface area contributed by atoms with Crippen molar-refractivity contribution >= 4 is 29.9 Å². The minimum Gasteiger partial charge on any atom is -0.481 e. The largest absolute Gasteiger partial charge is 0.481 e. The van der Waals surface area contributed by atoms with Crippen LogP contribution in [-0.4, -0.2) is 66.5 Å². The SMILES string of the molecule is N[C@@H](CC(=O)O)c1noc([C@H](CC(=O)O)NC(=O)N[C@@H](CC(=O)O)C(=O)O)n1. The number of aliphatic carboxylic acids is 4. The minimum atomic E-state index is -1.77. The monoisotopic (exact) mass is 403 g/mol. The van der Waals surface area contributed by atoms with Gasteiger partial charge in [0.05, 0.1) is 25.3 Å². The molecule has 154 valence electrons. The molecule has 0 aliphatic heterocycles. The molecule has 0 saturated heterocycles. The zero-order valence-electron chi connectivity index (χ0n) is 14.1. The lowest BCUT2D eigenvalue weighted by Gasteiger charge is -2.17. The van der Waals surface area contributed by atoms with Gasteiger partial charge in [0, 0.05) is 0 Å². The molecule has 8 N–H and O–H groups in total. The quantitative estimate of drug-likeness (QED) is 0.217. The molecule has 0 bridgehead atoms. The molecular weight excluding hydrogens is 386 g/mol. The first-order chi connectivity index (χ1) is 13.0. The Bertz CT molecular complexity index is 763. The van der Waals surface area contributed by atoms with Crippen molar-refractivity contribution in [3.63, 3.8) is 0 Å². The summed E-state index contributed by atoms with van der Waals surface area (Å²) >= 11 is 0. The third kappa shape index (κ3) is 7.24. The molecule has 0 aliphatic carbocycles. The molecule has 1 aromatic rings. The van der Waals surface area contributed by atoms with Gasteiger partial charge < -0.3 is 41.3 Å². The van der Waals surface area contributed by atoms with Gasteiger partial charge in [-0.15, -0.1) is 0 Å². The highest BCUT2D eigenvalue weighted by Crippen LogP contribution is 2.18. The molecule has 1 aromatic heterocycles. The van der Waals surface area contributed by atoms with Crippen LogP contribution in [-0.2, 0) is 19.2 Å². The molecule has 15 nitrogen and oxygen atoms in total. The Hall–Kier alpha value is -3.75. The van der Waals surface area contributed by atoms with Crippen LogP contribution >= 0.6 is 0 Å². The lowest BCUT2D eigenvalue weighted by molar-refractivity contribution is -0.145. The molecular formula is C13H17N5O10. The summed E-state index contributed by atoms with van der Waals surface area (Å²) in [5.41, 5.74) is 5.55. The fourth-order valence-electron chi connectivity index (χ4n) is 1.93. The summed E-state index contributed by atoms with van der Waals surface area (Å²) < 4.78 is 4.80. The number of aromatic nitrogens is 2. The zero-order valence-corrected chi connectivity index (χ0v) is 14.1. The maximum Gasteiger partial charge on any atom is 0.326 e. The molecule has 0 saturated carbocycles. The topological polar surface area (TPSA) is 255 Å². The fourth-order valence-corrected chi connectivity index (χ4v) is 1.93. The van der Waals surface area contributed by atoms with E-state index in [2.05, 4.69) is 15.5 Å². The van der Waals surface area contributed by atoms with E-state index in [4.69, 9.17) is 30.7 Å². The van der Waals surface area contributed by atoms with E-state index in [0.717, 1.165) is 0 Å². The highest BCUT2D eigenvalue weighted by Gasteiger charge is 2.28. The summed E-state index contributed by atoms with van der Waals surface area (Å²) in [5.74, 6) is -6.39. The number of nitrogens with two attached hydrogens (primary N) is 1. The number of urea groups is 1. The number of hydrogen-bond acceptors (Lipinski definition) is 9. The van der Waals surface area contributed by atoms with E-state index in [9.17, 15) is 24.0 Å². The Morgan fingerprint density at radius 1 is 0.929 bits per heavy atom. The maximum atomic E-state index is 11.9. The Labute approximate surface area is 155 Å². The Morgan fingerprint density at radius 3 is 2.00 bits per heavy atom. The average Bonchev–Trinajstić information content (AvgIpc) is 3.02. The van der Waals surface area contributed by atoms with Gasteiger partial charge in [-0.05, 0) is 0 Å². The number of nitrogens with one attached hydrogen (secondary N) is 2. The normalized spacial score (nSPS) is 13.8. The number of nitrogens with zero attached hydrogens (tertiary/aromatic N) is 2. The van der Waals surface area contributed by atoms with E-state index in [-0.39, 0.29) is 5.82 Å². The van der Waals surface area contributed by atoms with Crippen molar-refractivity contribution in [2.45, 2.75) is 37.4 Å². The van der Waals surface area contributed by atoms with E-state index in [1.165, 1.54) is 0 Å². The lowest BCUT2D eigenvalue weighted by Crippen LogP contribution is -2.48. The van der Waals surface area contributed by atoms with Gasteiger partial charge in [0.2, 0.25) is 5.89 Å². The number of amides is 2. The van der Waals surface area contributed by atoms with Crippen LogP contribution < -0.4 is 16.4 Å². The molecule has 15 heteroatoms. The van der Waals surface area contributed by atoms with Crippen LogP contribution in [0.15, 0.2) is 4.52 Å². The Kier molecular flexibility index (Phi) is 7.81.